The third kappa shape index (κ3) is 4.92. The minimum absolute atomic E-state index is 0.0501. The second kappa shape index (κ2) is 6.05. The van der Waals surface area contributed by atoms with Gasteiger partial charge >= 0.3 is 0 Å². The molecule has 0 aromatic heterocycles. The molecule has 0 aliphatic rings. The molecule has 0 spiro atoms. The van der Waals surface area contributed by atoms with Crippen LogP contribution in [0.3, 0.4) is 0 Å². The Kier molecular flexibility index (Phi) is 4.96. The van der Waals surface area contributed by atoms with Crippen molar-refractivity contribution in [2.24, 2.45) is 0 Å². The van der Waals surface area contributed by atoms with E-state index in [1.165, 1.54) is 12.1 Å². The molecule has 1 aromatic carbocycles. The Balaban J connectivity index is 2.55. The van der Waals surface area contributed by atoms with Crippen LogP contribution in [0.1, 0.15) is 32.3 Å². The zero-order valence-electron chi connectivity index (χ0n) is 10.9. The van der Waals surface area contributed by atoms with Crippen LogP contribution in [0.5, 0.6) is 0 Å². The Morgan fingerprint density at radius 1 is 1.22 bits per heavy atom. The topological polar surface area (TPSA) is 26.3 Å². The van der Waals surface area contributed by atoms with Gasteiger partial charge in [0, 0.05) is 26.0 Å². The van der Waals surface area contributed by atoms with Crippen LogP contribution in [0.15, 0.2) is 18.2 Å². The first kappa shape index (κ1) is 14.8. The molecule has 0 bridgehead atoms. The van der Waals surface area contributed by atoms with E-state index in [4.69, 9.17) is 4.74 Å². The molecular weight excluding hydrogens is 238 g/mol. The van der Waals surface area contributed by atoms with Gasteiger partial charge < -0.3 is 4.74 Å². The smallest absolute Gasteiger partial charge is 0.137 e. The molecule has 0 atom stereocenters. The number of benzene rings is 1. The van der Waals surface area contributed by atoms with Crippen LogP contribution in [0, 0.1) is 11.6 Å². The molecule has 0 aliphatic carbocycles. The van der Waals surface area contributed by atoms with Crippen LogP contribution >= 0.6 is 0 Å². The third-order valence-corrected chi connectivity index (χ3v) is 2.88. The second-order valence-corrected chi connectivity index (χ2v) is 4.96. The molecule has 1 aromatic rings. The number of carbonyl (C=O) groups excluding carboxylic acids is 1. The quantitative estimate of drug-likeness (QED) is 0.780. The van der Waals surface area contributed by atoms with Gasteiger partial charge in [0.2, 0.25) is 0 Å². The molecule has 0 aliphatic heterocycles. The van der Waals surface area contributed by atoms with E-state index < -0.39 is 11.6 Å². The molecule has 0 heterocycles. The number of Topliss-reactive ketones (excluding diaryl/α,β-unsaturated/α-hetero) is 1. The first-order valence-electron chi connectivity index (χ1n) is 5.84. The molecule has 2 nitrogen and oxygen atoms in total. The normalized spacial score (nSPS) is 11.6. The first-order valence-corrected chi connectivity index (χ1v) is 5.84. The van der Waals surface area contributed by atoms with E-state index >= 15 is 0 Å². The van der Waals surface area contributed by atoms with Crippen molar-refractivity contribution in [3.8, 4) is 0 Å². The highest BCUT2D eigenvalue weighted by Gasteiger charge is 2.18. The summed E-state index contributed by atoms with van der Waals surface area (Å²) in [5.41, 5.74) is 0.00998. The molecular formula is C14H18F2O2. The lowest BCUT2D eigenvalue weighted by Gasteiger charge is -2.22. The fourth-order valence-electron chi connectivity index (χ4n) is 1.57. The van der Waals surface area contributed by atoms with Gasteiger partial charge in [-0.3, -0.25) is 4.79 Å². The molecule has 0 saturated heterocycles. The van der Waals surface area contributed by atoms with Crippen molar-refractivity contribution in [3.63, 3.8) is 0 Å². The van der Waals surface area contributed by atoms with Crippen LogP contribution in [-0.4, -0.2) is 18.5 Å². The van der Waals surface area contributed by atoms with E-state index in [-0.39, 0.29) is 17.8 Å². The van der Waals surface area contributed by atoms with Gasteiger partial charge in [-0.25, -0.2) is 8.78 Å². The molecule has 4 heteroatoms. The summed E-state index contributed by atoms with van der Waals surface area (Å²) in [5, 5.41) is 0. The molecule has 0 amide bonds. The van der Waals surface area contributed by atoms with Gasteiger partial charge in [0.1, 0.15) is 17.4 Å². The van der Waals surface area contributed by atoms with Crippen molar-refractivity contribution < 1.29 is 18.3 Å². The van der Waals surface area contributed by atoms with Crippen molar-refractivity contribution >= 4 is 5.78 Å². The lowest BCUT2D eigenvalue weighted by molar-refractivity contribution is -0.119. The molecule has 100 valence electrons. The van der Waals surface area contributed by atoms with Crippen molar-refractivity contribution in [1.82, 2.24) is 0 Å². The molecule has 0 N–H and O–H groups in total. The lowest BCUT2D eigenvalue weighted by atomic mass is 9.98. The molecule has 1 rings (SSSR count). The summed E-state index contributed by atoms with van der Waals surface area (Å²) in [6.07, 6.45) is 0.966. The Morgan fingerprint density at radius 2 is 1.78 bits per heavy atom. The number of rotatable bonds is 6. The fourth-order valence-corrected chi connectivity index (χ4v) is 1.57. The highest BCUT2D eigenvalue weighted by atomic mass is 19.1. The summed E-state index contributed by atoms with van der Waals surface area (Å²) in [5.74, 6) is -1.37. The van der Waals surface area contributed by atoms with Crippen LogP contribution < -0.4 is 0 Å². The SMILES string of the molecule is COC(C)(C)CCC(=O)Cc1cc(F)cc(F)c1. The van der Waals surface area contributed by atoms with Crippen molar-refractivity contribution in [3.05, 3.63) is 35.4 Å². The van der Waals surface area contributed by atoms with Crippen LogP contribution in [0.25, 0.3) is 0 Å². The summed E-state index contributed by atoms with van der Waals surface area (Å²) in [4.78, 5) is 11.7. The zero-order valence-corrected chi connectivity index (χ0v) is 10.9. The van der Waals surface area contributed by atoms with Gasteiger partial charge in [0.05, 0.1) is 5.60 Å². The first-order chi connectivity index (χ1) is 8.32. The minimum Gasteiger partial charge on any atom is -0.379 e. The van der Waals surface area contributed by atoms with E-state index in [0.717, 1.165) is 6.07 Å². The fraction of sp³-hybridized carbons (Fsp3) is 0.500. The maximum atomic E-state index is 12.9. The van der Waals surface area contributed by atoms with Crippen molar-refractivity contribution in [2.75, 3.05) is 7.11 Å². The van der Waals surface area contributed by atoms with Crippen molar-refractivity contribution in [1.29, 1.82) is 0 Å². The summed E-state index contributed by atoms with van der Waals surface area (Å²) in [6.45, 7) is 3.78. The highest BCUT2D eigenvalue weighted by Crippen LogP contribution is 2.17. The number of ketones is 1. The summed E-state index contributed by atoms with van der Waals surface area (Å²) in [7, 11) is 1.59. The van der Waals surface area contributed by atoms with Crippen LogP contribution in [-0.2, 0) is 16.0 Å². The van der Waals surface area contributed by atoms with Gasteiger partial charge in [-0.2, -0.15) is 0 Å². The standard InChI is InChI=1S/C14H18F2O2/c1-14(2,18-3)5-4-13(17)8-10-6-11(15)9-12(16)7-10/h6-7,9H,4-5,8H2,1-3H3. The monoisotopic (exact) mass is 256 g/mol. The van der Waals surface area contributed by atoms with Gasteiger partial charge in [-0.1, -0.05) is 0 Å². The Labute approximate surface area is 106 Å². The molecule has 0 fully saturated rings. The van der Waals surface area contributed by atoms with Crippen LogP contribution in [0.4, 0.5) is 8.78 Å². The number of ether oxygens (including phenoxy) is 1. The van der Waals surface area contributed by atoms with Gasteiger partial charge in [0.15, 0.2) is 0 Å². The maximum Gasteiger partial charge on any atom is 0.137 e. The Morgan fingerprint density at radius 3 is 2.28 bits per heavy atom. The minimum atomic E-state index is -0.657. The lowest BCUT2D eigenvalue weighted by Crippen LogP contribution is -2.23. The average Bonchev–Trinajstić information content (AvgIpc) is 2.25. The molecule has 18 heavy (non-hydrogen) atoms. The zero-order chi connectivity index (χ0) is 13.8. The average molecular weight is 256 g/mol. The number of carbonyl (C=O) groups is 1. The molecule has 0 radical (unpaired) electrons. The van der Waals surface area contributed by atoms with Gasteiger partial charge in [0.25, 0.3) is 0 Å². The number of hydrogen-bond donors (Lipinski definition) is 0. The number of methoxy groups -OCH3 is 1. The second-order valence-electron chi connectivity index (χ2n) is 4.96. The summed E-state index contributed by atoms with van der Waals surface area (Å²) in [6, 6.07) is 3.16. The van der Waals surface area contributed by atoms with Gasteiger partial charge in [-0.05, 0) is 38.0 Å². The highest BCUT2D eigenvalue weighted by molar-refractivity contribution is 5.80. The van der Waals surface area contributed by atoms with E-state index in [0.29, 0.717) is 18.4 Å². The van der Waals surface area contributed by atoms with E-state index in [1.807, 2.05) is 13.8 Å². The predicted molar refractivity (Wildman–Crippen MR) is 65.4 cm³/mol. The molecule has 0 unspecified atom stereocenters. The largest absolute Gasteiger partial charge is 0.379 e. The number of hydrogen-bond acceptors (Lipinski definition) is 2. The van der Waals surface area contributed by atoms with Crippen LogP contribution in [0.2, 0.25) is 0 Å². The van der Waals surface area contributed by atoms with E-state index in [2.05, 4.69) is 0 Å². The predicted octanol–water partition coefficient (Wildman–Crippen LogP) is 3.28. The van der Waals surface area contributed by atoms with E-state index in [1.54, 1.807) is 7.11 Å². The Bertz CT molecular complexity index is 408. The van der Waals surface area contributed by atoms with Crippen molar-refractivity contribution in [2.45, 2.75) is 38.7 Å². The maximum absolute atomic E-state index is 12.9. The number of halogens is 2. The summed E-state index contributed by atoms with van der Waals surface area (Å²) < 4.78 is 31.1. The Hall–Kier alpha value is -1.29. The van der Waals surface area contributed by atoms with E-state index in [9.17, 15) is 13.6 Å². The molecule has 0 saturated carbocycles. The summed E-state index contributed by atoms with van der Waals surface area (Å²) >= 11 is 0. The third-order valence-electron chi connectivity index (χ3n) is 2.88. The van der Waals surface area contributed by atoms with Gasteiger partial charge in [-0.15, -0.1) is 0 Å².